The molecule has 2 rings (SSSR count). The molecule has 18 nitrogen and oxygen atoms in total. The van der Waals surface area contributed by atoms with Crippen molar-refractivity contribution in [2.24, 2.45) is 11.5 Å². The number of hydrogen-bond donors (Lipinski definition) is 12. The van der Waals surface area contributed by atoms with Gasteiger partial charge in [-0.25, -0.2) is 0 Å². The predicted molar refractivity (Wildman–Crippen MR) is 184 cm³/mol. The quantitative estimate of drug-likeness (QED) is 0.0311. The fourth-order valence-electron chi connectivity index (χ4n) is 4.50. The maximum atomic E-state index is 13.7. The number of guanidine groups is 1. The number of benzene rings is 1. The number of amides is 6. The SMILES string of the molecule is N=C(N)NCCC[C@@H]1NC(=O)C(CCCCNC(=O)[C@H](N)CS)NC(=O)[C@@H](C#Cc2ccccc2)NC(=O)[C@H](CC(=O)O)NC(=O)CNC1=O. The smallest absolute Gasteiger partial charge is 0.305 e. The van der Waals surface area contributed by atoms with Gasteiger partial charge in [0.2, 0.25) is 29.5 Å². The van der Waals surface area contributed by atoms with Crippen LogP contribution in [0, 0.1) is 17.3 Å². The third kappa shape index (κ3) is 15.3. The van der Waals surface area contributed by atoms with E-state index in [0.29, 0.717) is 18.4 Å². The molecule has 0 aromatic heterocycles. The van der Waals surface area contributed by atoms with Crippen molar-refractivity contribution in [2.45, 2.75) is 68.7 Å². The highest BCUT2D eigenvalue weighted by atomic mass is 32.1. The maximum Gasteiger partial charge on any atom is 0.305 e. The molecule has 19 heteroatoms. The van der Waals surface area contributed by atoms with Crippen molar-refractivity contribution < 1.29 is 38.7 Å². The largest absolute Gasteiger partial charge is 0.481 e. The van der Waals surface area contributed by atoms with E-state index in [-0.39, 0.29) is 44.1 Å². The number of nitrogens with one attached hydrogen (secondary N) is 8. The monoisotopic (exact) mass is 716 g/mol. The predicted octanol–water partition coefficient (Wildman–Crippen LogP) is -3.61. The number of aliphatic carboxylic acids is 1. The standard InChI is InChI=1S/C31H44N10O8S/c32-19(17-50)26(45)35-13-5-4-9-21-28(47)39-20(10-6-14-36-31(33)34)27(46)37-16-24(42)38-23(15-25(43)44)30(49)41-22(29(48)40-21)12-11-18-7-2-1-3-8-18/h1-3,7-8,19-23,50H,4-6,9-10,13-17,32H2,(H,35,45)(H,37,46)(H,38,42)(H,39,47)(H,40,48)(H,41,49)(H,43,44)(H4,33,34,36)/t19-,20+,21?,22-,23+/m1/s1. The summed E-state index contributed by atoms with van der Waals surface area (Å²) >= 11 is 4.00. The highest BCUT2D eigenvalue weighted by Crippen LogP contribution is 2.07. The number of carboxylic acid groups (broad SMARTS) is 1. The number of carboxylic acids is 1. The zero-order valence-corrected chi connectivity index (χ0v) is 28.1. The third-order valence-corrected chi connectivity index (χ3v) is 7.53. The van der Waals surface area contributed by atoms with Gasteiger partial charge in [0.05, 0.1) is 19.0 Å². The van der Waals surface area contributed by atoms with Gasteiger partial charge in [-0.2, -0.15) is 12.6 Å². The van der Waals surface area contributed by atoms with Crippen molar-refractivity contribution in [1.82, 2.24) is 37.2 Å². The van der Waals surface area contributed by atoms with Crippen LogP contribution < -0.4 is 48.7 Å². The second-order valence-electron chi connectivity index (χ2n) is 11.2. The van der Waals surface area contributed by atoms with Crippen LogP contribution in [0.1, 0.15) is 44.1 Å². The number of unbranched alkanes of at least 4 members (excludes halogenated alkanes) is 1. The molecule has 1 fully saturated rings. The van der Waals surface area contributed by atoms with Crippen LogP contribution in [0.15, 0.2) is 30.3 Å². The van der Waals surface area contributed by atoms with Crippen molar-refractivity contribution in [3.05, 3.63) is 35.9 Å². The summed E-state index contributed by atoms with van der Waals surface area (Å²) in [7, 11) is 0. The van der Waals surface area contributed by atoms with Crippen LogP contribution in [-0.2, 0) is 33.6 Å². The Hall–Kier alpha value is -5.35. The Morgan fingerprint density at radius 1 is 0.880 bits per heavy atom. The van der Waals surface area contributed by atoms with E-state index in [2.05, 4.69) is 61.7 Å². The van der Waals surface area contributed by atoms with Crippen molar-refractivity contribution in [1.29, 1.82) is 5.41 Å². The van der Waals surface area contributed by atoms with Gasteiger partial charge in [0.25, 0.3) is 5.91 Å². The Labute approximate surface area is 294 Å². The summed E-state index contributed by atoms with van der Waals surface area (Å²) in [5.74, 6) is -0.987. The number of thiol groups is 1. The van der Waals surface area contributed by atoms with E-state index in [0.717, 1.165) is 0 Å². The van der Waals surface area contributed by atoms with Crippen LogP contribution in [0.2, 0.25) is 0 Å². The molecule has 1 heterocycles. The molecule has 0 aliphatic carbocycles. The average Bonchev–Trinajstić information content (AvgIpc) is 3.08. The fraction of sp³-hybridized carbons (Fsp3) is 0.484. The zero-order valence-electron chi connectivity index (χ0n) is 27.3. The van der Waals surface area contributed by atoms with Crippen molar-refractivity contribution in [2.75, 3.05) is 25.4 Å². The van der Waals surface area contributed by atoms with Gasteiger partial charge < -0.3 is 53.8 Å². The highest BCUT2D eigenvalue weighted by molar-refractivity contribution is 7.80. The summed E-state index contributed by atoms with van der Waals surface area (Å²) in [6.07, 6.45) is 0.149. The molecule has 0 spiro atoms. The minimum absolute atomic E-state index is 0.0285. The minimum Gasteiger partial charge on any atom is -0.481 e. The Morgan fingerprint density at radius 3 is 2.16 bits per heavy atom. The maximum absolute atomic E-state index is 13.7. The first-order valence-corrected chi connectivity index (χ1v) is 16.4. The fourth-order valence-corrected chi connectivity index (χ4v) is 4.67. The Balaban J connectivity index is 2.43. The first-order valence-electron chi connectivity index (χ1n) is 15.8. The van der Waals surface area contributed by atoms with Crippen LogP contribution in [0.3, 0.4) is 0 Å². The van der Waals surface area contributed by atoms with Gasteiger partial charge in [-0.3, -0.25) is 39.0 Å². The molecular weight excluding hydrogens is 672 g/mol. The molecule has 6 amide bonds. The summed E-state index contributed by atoms with van der Waals surface area (Å²) in [6.45, 7) is -0.268. The van der Waals surface area contributed by atoms with Crippen LogP contribution in [0.4, 0.5) is 0 Å². The first kappa shape index (κ1) is 40.8. The van der Waals surface area contributed by atoms with Gasteiger partial charge in [0.15, 0.2) is 12.0 Å². The molecule has 5 atom stereocenters. The van der Waals surface area contributed by atoms with E-state index in [1.165, 1.54) is 0 Å². The summed E-state index contributed by atoms with van der Waals surface area (Å²) in [4.78, 5) is 90.0. The van der Waals surface area contributed by atoms with Gasteiger partial charge in [0, 0.05) is 24.4 Å². The number of hydrogen-bond acceptors (Lipinski definition) is 10. The van der Waals surface area contributed by atoms with Gasteiger partial charge in [-0.1, -0.05) is 30.0 Å². The molecule has 0 bridgehead atoms. The molecule has 1 aromatic carbocycles. The Kier molecular flexibility index (Phi) is 17.6. The summed E-state index contributed by atoms with van der Waals surface area (Å²) in [5.41, 5.74) is 11.5. The van der Waals surface area contributed by atoms with Crippen molar-refractivity contribution >= 4 is 60.0 Å². The Bertz CT molecular complexity index is 1450. The van der Waals surface area contributed by atoms with Crippen LogP contribution in [-0.4, -0.2) is 108 Å². The lowest BCUT2D eigenvalue weighted by Crippen LogP contribution is -2.57. The normalized spacial score (nSPS) is 20.8. The molecular formula is C31H44N10O8S. The molecule has 1 aliphatic heterocycles. The molecule has 272 valence electrons. The van der Waals surface area contributed by atoms with Gasteiger partial charge in [0.1, 0.15) is 18.1 Å². The second kappa shape index (κ2) is 21.6. The molecule has 0 saturated carbocycles. The molecule has 50 heavy (non-hydrogen) atoms. The number of nitrogens with two attached hydrogens (primary N) is 2. The molecule has 0 radical (unpaired) electrons. The molecule has 13 N–H and O–H groups in total. The van der Waals surface area contributed by atoms with Gasteiger partial charge in [-0.15, -0.1) is 0 Å². The average molecular weight is 717 g/mol. The van der Waals surface area contributed by atoms with Crippen molar-refractivity contribution in [3.63, 3.8) is 0 Å². The summed E-state index contributed by atoms with van der Waals surface area (Å²) < 4.78 is 0. The van der Waals surface area contributed by atoms with E-state index < -0.39 is 84.6 Å². The number of rotatable bonds is 13. The molecule has 1 aromatic rings. The lowest BCUT2D eigenvalue weighted by molar-refractivity contribution is -0.141. The Morgan fingerprint density at radius 2 is 1.50 bits per heavy atom. The third-order valence-electron chi connectivity index (χ3n) is 7.14. The second-order valence-corrected chi connectivity index (χ2v) is 11.6. The lowest BCUT2D eigenvalue weighted by Gasteiger charge is -2.24. The van der Waals surface area contributed by atoms with E-state index in [9.17, 15) is 38.7 Å². The molecule has 1 unspecified atom stereocenters. The lowest BCUT2D eigenvalue weighted by atomic mass is 10.1. The molecule has 1 saturated heterocycles. The highest BCUT2D eigenvalue weighted by Gasteiger charge is 2.32. The van der Waals surface area contributed by atoms with Crippen LogP contribution in [0.25, 0.3) is 0 Å². The van der Waals surface area contributed by atoms with Crippen LogP contribution >= 0.6 is 12.6 Å². The molecule has 1 aliphatic rings. The number of carbonyl (C=O) groups excluding carboxylic acids is 6. The minimum atomic E-state index is -1.65. The van der Waals surface area contributed by atoms with E-state index >= 15 is 0 Å². The van der Waals surface area contributed by atoms with E-state index in [1.807, 2.05) is 0 Å². The van der Waals surface area contributed by atoms with Crippen LogP contribution in [0.5, 0.6) is 0 Å². The van der Waals surface area contributed by atoms with E-state index in [4.69, 9.17) is 16.9 Å². The van der Waals surface area contributed by atoms with E-state index in [1.54, 1.807) is 30.3 Å². The topological polar surface area (TPSA) is 300 Å². The zero-order chi connectivity index (χ0) is 37.1. The van der Waals surface area contributed by atoms with Gasteiger partial charge in [-0.05, 0) is 44.2 Å². The number of carbonyl (C=O) groups is 7. The summed E-state index contributed by atoms with van der Waals surface area (Å²) in [6, 6.07) is 1.94. The first-order chi connectivity index (χ1) is 23.8. The summed E-state index contributed by atoms with van der Waals surface area (Å²) in [5, 5.41) is 34.1. The van der Waals surface area contributed by atoms with Gasteiger partial charge >= 0.3 is 5.97 Å². The van der Waals surface area contributed by atoms with Crippen molar-refractivity contribution in [3.8, 4) is 11.8 Å².